The van der Waals surface area contributed by atoms with Crippen LogP contribution in [0.15, 0.2) is 0 Å². The fraction of sp³-hybridized carbons (Fsp3) is 0.846. The lowest BCUT2D eigenvalue weighted by Crippen LogP contribution is -2.45. The van der Waals surface area contributed by atoms with Crippen LogP contribution in [0.25, 0.3) is 0 Å². The summed E-state index contributed by atoms with van der Waals surface area (Å²) in [5.41, 5.74) is -0.865. The third kappa shape index (κ3) is 3.01. The van der Waals surface area contributed by atoms with E-state index in [-0.39, 0.29) is 5.91 Å². The van der Waals surface area contributed by atoms with Crippen LogP contribution in [0.2, 0.25) is 0 Å². The third-order valence-electron chi connectivity index (χ3n) is 3.92. The topological polar surface area (TPSA) is 65.4 Å². The van der Waals surface area contributed by atoms with Crippen LogP contribution < -0.4 is 5.32 Å². The average molecular weight is 251 g/mol. The fourth-order valence-corrected chi connectivity index (χ4v) is 2.32. The summed E-state index contributed by atoms with van der Waals surface area (Å²) in [6, 6.07) is 2.89. The van der Waals surface area contributed by atoms with E-state index in [0.29, 0.717) is 38.6 Å². The molecule has 2 rings (SSSR count). The summed E-state index contributed by atoms with van der Waals surface area (Å²) in [6.45, 7) is 2.48. The van der Waals surface area contributed by atoms with E-state index < -0.39 is 5.41 Å². The molecule has 0 aromatic rings. The Bertz CT molecular complexity index is 341. The van der Waals surface area contributed by atoms with E-state index in [9.17, 15) is 10.1 Å². The Hall–Kier alpha value is -1.12. The Balaban J connectivity index is 1.77. The summed E-state index contributed by atoms with van der Waals surface area (Å²) < 4.78 is 5.22. The van der Waals surface area contributed by atoms with Crippen LogP contribution in [0.4, 0.5) is 0 Å². The van der Waals surface area contributed by atoms with Crippen molar-refractivity contribution < 1.29 is 9.53 Å². The van der Waals surface area contributed by atoms with Crippen molar-refractivity contribution in [3.8, 4) is 6.07 Å². The standard InChI is InChI=1S/C13H21N3O2/c1-16(11-2-3-11)7-6-15-12(17)13(10-14)4-8-18-9-5-13/h11H,2-9H2,1H3,(H,15,17). The van der Waals surface area contributed by atoms with Crippen LogP contribution in [0.1, 0.15) is 25.7 Å². The summed E-state index contributed by atoms with van der Waals surface area (Å²) in [5, 5.41) is 12.1. The maximum atomic E-state index is 12.1. The largest absolute Gasteiger partial charge is 0.381 e. The van der Waals surface area contributed by atoms with Crippen LogP contribution in [-0.2, 0) is 9.53 Å². The summed E-state index contributed by atoms with van der Waals surface area (Å²) in [5.74, 6) is -0.127. The molecule has 1 N–H and O–H groups in total. The second kappa shape index (κ2) is 5.68. The van der Waals surface area contributed by atoms with Gasteiger partial charge in [0.1, 0.15) is 5.41 Å². The van der Waals surface area contributed by atoms with Crippen LogP contribution in [0.3, 0.4) is 0 Å². The molecule has 0 aromatic heterocycles. The Kier molecular flexibility index (Phi) is 4.20. The molecule has 0 aromatic carbocycles. The Morgan fingerprint density at radius 3 is 2.72 bits per heavy atom. The predicted molar refractivity (Wildman–Crippen MR) is 66.8 cm³/mol. The molecule has 18 heavy (non-hydrogen) atoms. The molecule has 1 saturated heterocycles. The van der Waals surface area contributed by atoms with Gasteiger partial charge < -0.3 is 15.0 Å². The third-order valence-corrected chi connectivity index (χ3v) is 3.92. The lowest BCUT2D eigenvalue weighted by Gasteiger charge is -2.29. The van der Waals surface area contributed by atoms with Crippen molar-refractivity contribution in [3.63, 3.8) is 0 Å². The van der Waals surface area contributed by atoms with Gasteiger partial charge in [-0.15, -0.1) is 0 Å². The first-order valence-corrected chi connectivity index (χ1v) is 6.65. The van der Waals surface area contributed by atoms with Crippen molar-refractivity contribution in [1.82, 2.24) is 10.2 Å². The summed E-state index contributed by atoms with van der Waals surface area (Å²) in [7, 11) is 2.08. The highest BCUT2D eigenvalue weighted by Crippen LogP contribution is 2.29. The number of hydrogen-bond acceptors (Lipinski definition) is 4. The number of hydrogen-bond donors (Lipinski definition) is 1. The van der Waals surface area contributed by atoms with E-state index in [0.717, 1.165) is 6.54 Å². The Labute approximate surface area is 108 Å². The quantitative estimate of drug-likeness (QED) is 0.773. The van der Waals surface area contributed by atoms with Gasteiger partial charge in [0.05, 0.1) is 6.07 Å². The maximum Gasteiger partial charge on any atom is 0.240 e. The summed E-state index contributed by atoms with van der Waals surface area (Å²) >= 11 is 0. The molecule has 5 nitrogen and oxygen atoms in total. The summed E-state index contributed by atoms with van der Waals surface area (Å²) in [4.78, 5) is 14.4. The van der Waals surface area contributed by atoms with Gasteiger partial charge in [-0.05, 0) is 32.7 Å². The zero-order valence-electron chi connectivity index (χ0n) is 10.9. The molecule has 0 bridgehead atoms. The Morgan fingerprint density at radius 1 is 1.50 bits per heavy atom. The Morgan fingerprint density at radius 2 is 2.17 bits per heavy atom. The van der Waals surface area contributed by atoms with Gasteiger partial charge in [0.15, 0.2) is 0 Å². The highest BCUT2D eigenvalue weighted by atomic mass is 16.5. The van der Waals surface area contributed by atoms with Gasteiger partial charge in [-0.2, -0.15) is 5.26 Å². The van der Waals surface area contributed by atoms with Crippen LogP contribution in [0.5, 0.6) is 0 Å². The molecule has 5 heteroatoms. The van der Waals surface area contributed by atoms with E-state index in [2.05, 4.69) is 23.3 Å². The minimum absolute atomic E-state index is 0.127. The second-order valence-electron chi connectivity index (χ2n) is 5.27. The molecular formula is C13H21N3O2. The first-order chi connectivity index (χ1) is 8.68. The van der Waals surface area contributed by atoms with Gasteiger partial charge in [-0.3, -0.25) is 4.79 Å². The van der Waals surface area contributed by atoms with Gasteiger partial charge in [0.25, 0.3) is 0 Å². The van der Waals surface area contributed by atoms with Crippen LogP contribution in [-0.4, -0.2) is 50.2 Å². The monoisotopic (exact) mass is 251 g/mol. The highest BCUT2D eigenvalue weighted by Gasteiger charge is 2.40. The molecule has 2 aliphatic rings. The van der Waals surface area contributed by atoms with Crippen molar-refractivity contribution in [1.29, 1.82) is 5.26 Å². The lowest BCUT2D eigenvalue weighted by atomic mass is 9.81. The number of ether oxygens (including phenoxy) is 1. The smallest absolute Gasteiger partial charge is 0.240 e. The highest BCUT2D eigenvalue weighted by molar-refractivity contribution is 5.85. The van der Waals surface area contributed by atoms with Crippen molar-refractivity contribution in [3.05, 3.63) is 0 Å². The molecule has 0 spiro atoms. The molecule has 0 radical (unpaired) electrons. The molecule has 2 fully saturated rings. The first-order valence-electron chi connectivity index (χ1n) is 6.65. The van der Waals surface area contributed by atoms with Crippen LogP contribution >= 0.6 is 0 Å². The van der Waals surface area contributed by atoms with Gasteiger partial charge in [0, 0.05) is 32.3 Å². The maximum absolute atomic E-state index is 12.1. The zero-order chi connectivity index (χ0) is 13.0. The number of carbonyl (C=O) groups excluding carboxylic acids is 1. The molecule has 0 unspecified atom stereocenters. The zero-order valence-corrected chi connectivity index (χ0v) is 10.9. The number of rotatable bonds is 5. The predicted octanol–water partition coefficient (Wildman–Crippen LogP) is 0.517. The minimum Gasteiger partial charge on any atom is -0.381 e. The van der Waals surface area contributed by atoms with E-state index in [1.54, 1.807) is 0 Å². The average Bonchev–Trinajstić information content (AvgIpc) is 3.23. The number of nitriles is 1. The first kappa shape index (κ1) is 13.3. The van der Waals surface area contributed by atoms with E-state index >= 15 is 0 Å². The molecule has 0 atom stereocenters. The normalized spacial score (nSPS) is 22.5. The van der Waals surface area contributed by atoms with Crippen molar-refractivity contribution in [2.24, 2.45) is 5.41 Å². The second-order valence-corrected chi connectivity index (χ2v) is 5.27. The molecule has 1 aliphatic heterocycles. The van der Waals surface area contributed by atoms with Gasteiger partial charge in [-0.25, -0.2) is 0 Å². The molecular weight excluding hydrogens is 230 g/mol. The van der Waals surface area contributed by atoms with Gasteiger partial charge >= 0.3 is 0 Å². The summed E-state index contributed by atoms with van der Waals surface area (Å²) in [6.07, 6.45) is 3.55. The van der Waals surface area contributed by atoms with E-state index in [4.69, 9.17) is 4.74 Å². The molecule has 1 saturated carbocycles. The number of amides is 1. The number of likely N-dealkylation sites (N-methyl/N-ethyl adjacent to an activating group) is 1. The number of nitrogens with one attached hydrogen (secondary N) is 1. The lowest BCUT2D eigenvalue weighted by molar-refractivity contribution is -0.132. The van der Waals surface area contributed by atoms with Crippen molar-refractivity contribution in [2.45, 2.75) is 31.7 Å². The molecule has 100 valence electrons. The van der Waals surface area contributed by atoms with E-state index in [1.807, 2.05) is 0 Å². The fourth-order valence-electron chi connectivity index (χ4n) is 2.32. The molecule has 1 amide bonds. The minimum atomic E-state index is -0.865. The number of carbonyl (C=O) groups is 1. The van der Waals surface area contributed by atoms with Crippen LogP contribution in [0, 0.1) is 16.7 Å². The van der Waals surface area contributed by atoms with Crippen molar-refractivity contribution in [2.75, 3.05) is 33.4 Å². The molecule has 1 heterocycles. The van der Waals surface area contributed by atoms with E-state index in [1.165, 1.54) is 12.8 Å². The molecule has 1 aliphatic carbocycles. The SMILES string of the molecule is CN(CCNC(=O)C1(C#N)CCOCC1)C1CC1. The van der Waals surface area contributed by atoms with Gasteiger partial charge in [-0.1, -0.05) is 0 Å². The van der Waals surface area contributed by atoms with Crippen molar-refractivity contribution >= 4 is 5.91 Å². The number of nitrogens with zero attached hydrogens (tertiary/aromatic N) is 2. The van der Waals surface area contributed by atoms with Gasteiger partial charge in [0.2, 0.25) is 5.91 Å².